The summed E-state index contributed by atoms with van der Waals surface area (Å²) in [6.45, 7) is 3.61. The first-order valence-electron chi connectivity index (χ1n) is 12.3. The zero-order valence-electron chi connectivity index (χ0n) is 20.5. The summed E-state index contributed by atoms with van der Waals surface area (Å²) in [7, 11) is 3.10. The van der Waals surface area contributed by atoms with Gasteiger partial charge in [0, 0.05) is 20.8 Å². The van der Waals surface area contributed by atoms with Crippen molar-refractivity contribution in [3.8, 4) is 11.5 Å². The van der Waals surface area contributed by atoms with Crippen LogP contribution in [0.3, 0.4) is 0 Å². The van der Waals surface area contributed by atoms with Gasteiger partial charge in [0.25, 0.3) is 0 Å². The van der Waals surface area contributed by atoms with Gasteiger partial charge in [0.05, 0.1) is 16.6 Å². The third kappa shape index (κ3) is 6.01. The van der Waals surface area contributed by atoms with E-state index in [4.69, 9.17) is 24.1 Å². The van der Waals surface area contributed by atoms with E-state index >= 15 is 0 Å². The van der Waals surface area contributed by atoms with Crippen LogP contribution < -0.4 is 9.47 Å². The normalized spacial score (nSPS) is 20.3. The van der Waals surface area contributed by atoms with E-state index in [2.05, 4.69) is 39.0 Å². The minimum atomic E-state index is -1.20. The molecule has 8 heteroatoms. The molecule has 0 radical (unpaired) electrons. The molecule has 0 spiro atoms. The van der Waals surface area contributed by atoms with Crippen molar-refractivity contribution in [1.82, 2.24) is 4.90 Å². The van der Waals surface area contributed by atoms with Gasteiger partial charge < -0.3 is 34.1 Å². The minimum absolute atomic E-state index is 0.00987. The Balaban J connectivity index is 1.30. The zero-order chi connectivity index (χ0) is 24.8. The first kappa shape index (κ1) is 26.4. The molecule has 2 aromatic rings. The molecule has 4 rings (SSSR count). The van der Waals surface area contributed by atoms with Crippen molar-refractivity contribution in [3.63, 3.8) is 0 Å². The number of halogens is 1. The lowest BCUT2D eigenvalue weighted by Gasteiger charge is -2.40. The van der Waals surface area contributed by atoms with Crippen LogP contribution in [-0.4, -0.2) is 74.9 Å². The molecule has 0 aliphatic carbocycles. The molecule has 1 unspecified atom stereocenters. The maximum atomic E-state index is 10.5. The second kappa shape index (κ2) is 12.0. The molecule has 2 aliphatic rings. The summed E-state index contributed by atoms with van der Waals surface area (Å²) in [5, 5.41) is 19.5. The van der Waals surface area contributed by atoms with Crippen LogP contribution in [0, 0.1) is 5.92 Å². The SMILES string of the molecule is COC1(OC)c2cc(CCN3CCC(Cc4ccc(Br)c(OCCO)c4)CC3)ccc2OCC1O. The second-order valence-corrected chi connectivity index (χ2v) is 10.2. The smallest absolute Gasteiger partial charge is 0.228 e. The number of fused-ring (bicyclic) bond motifs is 1. The van der Waals surface area contributed by atoms with Crippen molar-refractivity contribution in [2.24, 2.45) is 5.92 Å². The quantitative estimate of drug-likeness (QED) is 0.439. The lowest BCUT2D eigenvalue weighted by Crippen LogP contribution is -2.49. The highest BCUT2D eigenvalue weighted by Gasteiger charge is 2.46. The molecule has 0 saturated carbocycles. The highest BCUT2D eigenvalue weighted by molar-refractivity contribution is 9.10. The number of hydrogen-bond donors (Lipinski definition) is 2. The van der Waals surface area contributed by atoms with E-state index in [1.54, 1.807) is 14.2 Å². The summed E-state index contributed by atoms with van der Waals surface area (Å²) in [4.78, 5) is 2.53. The van der Waals surface area contributed by atoms with Crippen LogP contribution in [0.15, 0.2) is 40.9 Å². The van der Waals surface area contributed by atoms with Gasteiger partial charge in [-0.05, 0) is 96.0 Å². The highest BCUT2D eigenvalue weighted by Crippen LogP contribution is 2.41. The highest BCUT2D eigenvalue weighted by atomic mass is 79.9. The number of aliphatic hydroxyl groups is 2. The number of benzene rings is 2. The zero-order valence-corrected chi connectivity index (χ0v) is 22.1. The van der Waals surface area contributed by atoms with E-state index in [1.807, 2.05) is 18.2 Å². The van der Waals surface area contributed by atoms with E-state index in [-0.39, 0.29) is 13.2 Å². The first-order valence-corrected chi connectivity index (χ1v) is 13.1. The van der Waals surface area contributed by atoms with Gasteiger partial charge in [0.2, 0.25) is 5.79 Å². The number of piperidine rings is 1. The van der Waals surface area contributed by atoms with Gasteiger partial charge in [0.15, 0.2) is 0 Å². The third-order valence-electron chi connectivity index (χ3n) is 7.15. The summed E-state index contributed by atoms with van der Waals surface area (Å²) in [6.07, 6.45) is 3.41. The number of likely N-dealkylation sites (tertiary alicyclic amines) is 1. The Labute approximate surface area is 216 Å². The topological polar surface area (TPSA) is 80.6 Å². The summed E-state index contributed by atoms with van der Waals surface area (Å²) < 4.78 is 23.5. The molecule has 2 aliphatic heterocycles. The van der Waals surface area contributed by atoms with Crippen molar-refractivity contribution in [2.45, 2.75) is 37.6 Å². The van der Waals surface area contributed by atoms with E-state index in [1.165, 1.54) is 24.0 Å². The minimum Gasteiger partial charge on any atom is -0.490 e. The molecule has 1 fully saturated rings. The summed E-state index contributed by atoms with van der Waals surface area (Å²) in [5.74, 6) is 0.951. The lowest BCUT2D eigenvalue weighted by atomic mass is 9.90. The second-order valence-electron chi connectivity index (χ2n) is 9.31. The van der Waals surface area contributed by atoms with Crippen LogP contribution in [-0.2, 0) is 28.1 Å². The Morgan fingerprint density at radius 1 is 1.09 bits per heavy atom. The standard InChI is InChI=1S/C27H36BrNO6/c1-32-27(33-2)22-16-19(4-6-24(22)35-18-26(27)31)7-10-29-11-8-20(9-12-29)15-21-3-5-23(28)25(17-21)34-14-13-30/h3-6,16-17,20,26,30-31H,7-15,18H2,1-2H3. The Bertz CT molecular complexity index is 974. The number of nitrogens with zero attached hydrogens (tertiary/aromatic N) is 1. The van der Waals surface area contributed by atoms with Gasteiger partial charge in [-0.1, -0.05) is 12.1 Å². The molecular weight excluding hydrogens is 514 g/mol. The number of ether oxygens (including phenoxy) is 4. The van der Waals surface area contributed by atoms with Crippen molar-refractivity contribution >= 4 is 15.9 Å². The van der Waals surface area contributed by atoms with Crippen LogP contribution in [0.4, 0.5) is 0 Å². The van der Waals surface area contributed by atoms with E-state index in [0.29, 0.717) is 18.3 Å². The van der Waals surface area contributed by atoms with Crippen molar-refractivity contribution < 1.29 is 29.2 Å². The van der Waals surface area contributed by atoms with E-state index in [9.17, 15) is 5.11 Å². The molecular formula is C27H36BrNO6. The fourth-order valence-electron chi connectivity index (χ4n) is 5.14. The molecule has 192 valence electrons. The van der Waals surface area contributed by atoms with Gasteiger partial charge in [0.1, 0.15) is 30.8 Å². The predicted molar refractivity (Wildman–Crippen MR) is 137 cm³/mol. The monoisotopic (exact) mass is 549 g/mol. The molecule has 7 nitrogen and oxygen atoms in total. The average molecular weight is 550 g/mol. The molecule has 2 aromatic carbocycles. The number of methoxy groups -OCH3 is 2. The lowest BCUT2D eigenvalue weighted by molar-refractivity contribution is -0.281. The van der Waals surface area contributed by atoms with Crippen molar-refractivity contribution in [2.75, 3.05) is 53.7 Å². The first-order chi connectivity index (χ1) is 17.0. The molecule has 0 aromatic heterocycles. The maximum Gasteiger partial charge on any atom is 0.228 e. The van der Waals surface area contributed by atoms with Gasteiger partial charge in [-0.15, -0.1) is 0 Å². The van der Waals surface area contributed by atoms with Crippen LogP contribution >= 0.6 is 15.9 Å². The molecule has 0 amide bonds. The summed E-state index contributed by atoms with van der Waals surface area (Å²) in [6, 6.07) is 12.3. The Kier molecular flexibility index (Phi) is 9.07. The van der Waals surface area contributed by atoms with E-state index in [0.717, 1.165) is 48.3 Å². The van der Waals surface area contributed by atoms with Crippen LogP contribution in [0.5, 0.6) is 11.5 Å². The fraction of sp³-hybridized carbons (Fsp3) is 0.556. The van der Waals surface area contributed by atoms with Crippen LogP contribution in [0.1, 0.15) is 29.5 Å². The van der Waals surface area contributed by atoms with Gasteiger partial charge >= 0.3 is 0 Å². The maximum absolute atomic E-state index is 10.5. The number of rotatable bonds is 10. The van der Waals surface area contributed by atoms with Gasteiger partial charge in [-0.25, -0.2) is 0 Å². The fourth-order valence-corrected chi connectivity index (χ4v) is 5.50. The Morgan fingerprint density at radius 3 is 2.54 bits per heavy atom. The molecule has 2 N–H and O–H groups in total. The summed E-state index contributed by atoms with van der Waals surface area (Å²) in [5.41, 5.74) is 3.19. The van der Waals surface area contributed by atoms with E-state index < -0.39 is 11.9 Å². The third-order valence-corrected chi connectivity index (χ3v) is 7.81. The molecule has 0 bridgehead atoms. The average Bonchev–Trinajstić information content (AvgIpc) is 2.89. The van der Waals surface area contributed by atoms with Crippen molar-refractivity contribution in [1.29, 1.82) is 0 Å². The number of hydrogen-bond acceptors (Lipinski definition) is 7. The largest absolute Gasteiger partial charge is 0.490 e. The van der Waals surface area contributed by atoms with Crippen molar-refractivity contribution in [3.05, 3.63) is 57.6 Å². The number of aliphatic hydroxyl groups excluding tert-OH is 2. The Morgan fingerprint density at radius 2 is 1.83 bits per heavy atom. The molecule has 1 atom stereocenters. The van der Waals surface area contributed by atoms with Gasteiger partial charge in [-0.2, -0.15) is 0 Å². The Hall–Kier alpha value is -1.68. The molecule has 35 heavy (non-hydrogen) atoms. The predicted octanol–water partition coefficient (Wildman–Crippen LogP) is 3.52. The van der Waals surface area contributed by atoms with Crippen LogP contribution in [0.25, 0.3) is 0 Å². The van der Waals surface area contributed by atoms with Crippen LogP contribution in [0.2, 0.25) is 0 Å². The van der Waals surface area contributed by atoms with Gasteiger partial charge in [-0.3, -0.25) is 0 Å². The molecule has 1 saturated heterocycles. The summed E-state index contributed by atoms with van der Waals surface area (Å²) >= 11 is 3.52. The molecule has 2 heterocycles.